The molecule has 0 bridgehead atoms. The Hall–Kier alpha value is -1.02. The van der Waals surface area contributed by atoms with Gasteiger partial charge < -0.3 is 10.5 Å². The zero-order valence-electron chi connectivity index (χ0n) is 9.11. The summed E-state index contributed by atoms with van der Waals surface area (Å²) in [5.41, 5.74) is 6.71. The predicted octanol–water partition coefficient (Wildman–Crippen LogP) is 2.71. The molecule has 2 heteroatoms. The summed E-state index contributed by atoms with van der Waals surface area (Å²) in [4.78, 5) is 0. The lowest BCUT2D eigenvalue weighted by atomic mass is 9.83. The largest absolute Gasteiger partial charge is 0.494 e. The van der Waals surface area contributed by atoms with E-state index >= 15 is 0 Å². The summed E-state index contributed by atoms with van der Waals surface area (Å²) in [6.45, 7) is 1.43. The third-order valence-corrected chi connectivity index (χ3v) is 3.15. The van der Waals surface area contributed by atoms with E-state index in [1.807, 2.05) is 24.3 Å². The van der Waals surface area contributed by atoms with Crippen molar-refractivity contribution < 1.29 is 4.74 Å². The molecule has 1 saturated carbocycles. The first-order chi connectivity index (χ1) is 7.38. The van der Waals surface area contributed by atoms with Crippen LogP contribution in [0.25, 0.3) is 0 Å². The maximum absolute atomic E-state index is 5.70. The molecule has 2 nitrogen and oxygen atoms in total. The van der Waals surface area contributed by atoms with Crippen molar-refractivity contribution in [3.05, 3.63) is 29.8 Å². The molecule has 0 aromatic heterocycles. The van der Waals surface area contributed by atoms with Gasteiger partial charge >= 0.3 is 0 Å². The van der Waals surface area contributed by atoms with Crippen LogP contribution >= 0.6 is 0 Å². The zero-order chi connectivity index (χ0) is 10.5. The van der Waals surface area contributed by atoms with Crippen LogP contribution in [0, 0.1) is 5.92 Å². The molecule has 15 heavy (non-hydrogen) atoms. The molecule has 0 radical (unpaired) electrons. The molecule has 0 unspecified atom stereocenters. The lowest BCUT2D eigenvalue weighted by Crippen LogP contribution is -2.14. The molecule has 2 rings (SSSR count). The summed E-state index contributed by atoms with van der Waals surface area (Å²) in [7, 11) is 0. The normalized spacial score (nSPS) is 16.1. The lowest BCUT2D eigenvalue weighted by molar-refractivity contribution is 0.222. The van der Waals surface area contributed by atoms with Crippen LogP contribution < -0.4 is 10.5 Å². The number of nitrogens with two attached hydrogens (primary N) is 1. The highest BCUT2D eigenvalue weighted by Gasteiger charge is 2.16. The average Bonchev–Trinajstić information content (AvgIpc) is 2.22. The van der Waals surface area contributed by atoms with Crippen molar-refractivity contribution >= 4 is 0 Å². The van der Waals surface area contributed by atoms with Gasteiger partial charge in [0.1, 0.15) is 5.75 Å². The van der Waals surface area contributed by atoms with E-state index in [0.717, 1.165) is 23.8 Å². The Labute approximate surface area is 91.4 Å². The van der Waals surface area contributed by atoms with Crippen LogP contribution in [0.4, 0.5) is 0 Å². The van der Waals surface area contributed by atoms with E-state index in [1.54, 1.807) is 0 Å². The maximum Gasteiger partial charge on any atom is 0.119 e. The molecular formula is C13H19NO. The summed E-state index contributed by atoms with van der Waals surface area (Å²) in [5, 5.41) is 0. The number of benzene rings is 1. The quantitative estimate of drug-likeness (QED) is 0.802. The van der Waals surface area contributed by atoms with Crippen molar-refractivity contribution in [3.8, 4) is 5.75 Å². The molecule has 1 aromatic rings. The number of ether oxygens (including phenoxy) is 1. The molecule has 1 aliphatic rings. The van der Waals surface area contributed by atoms with E-state index in [9.17, 15) is 0 Å². The van der Waals surface area contributed by atoms with Crippen molar-refractivity contribution in [1.82, 2.24) is 0 Å². The summed E-state index contributed by atoms with van der Waals surface area (Å²) in [5.74, 6) is 1.87. The minimum Gasteiger partial charge on any atom is -0.494 e. The van der Waals surface area contributed by atoms with Gasteiger partial charge in [0.2, 0.25) is 0 Å². The van der Waals surface area contributed by atoms with Crippen molar-refractivity contribution in [3.63, 3.8) is 0 Å². The molecule has 0 saturated heterocycles. The fourth-order valence-electron chi connectivity index (χ4n) is 1.89. The van der Waals surface area contributed by atoms with Gasteiger partial charge in [-0.05, 0) is 30.0 Å². The molecule has 0 amide bonds. The predicted molar refractivity (Wildman–Crippen MR) is 61.8 cm³/mol. The zero-order valence-corrected chi connectivity index (χ0v) is 9.11. The van der Waals surface area contributed by atoms with Gasteiger partial charge in [-0.2, -0.15) is 0 Å². The molecule has 0 aliphatic heterocycles. The van der Waals surface area contributed by atoms with Gasteiger partial charge in [0.25, 0.3) is 0 Å². The Bertz CT molecular complexity index is 307. The molecule has 0 atom stereocenters. The van der Waals surface area contributed by atoms with Crippen LogP contribution in [0.2, 0.25) is 0 Å². The van der Waals surface area contributed by atoms with Crippen molar-refractivity contribution in [2.24, 2.45) is 11.7 Å². The van der Waals surface area contributed by atoms with Gasteiger partial charge in [0, 0.05) is 6.54 Å². The Morgan fingerprint density at radius 2 is 2.20 bits per heavy atom. The molecular weight excluding hydrogens is 186 g/mol. The molecule has 1 aromatic carbocycles. The van der Waals surface area contributed by atoms with Gasteiger partial charge in [0.15, 0.2) is 0 Å². The first-order valence-corrected chi connectivity index (χ1v) is 5.80. The second-order valence-corrected chi connectivity index (χ2v) is 4.29. The fraction of sp³-hybridized carbons (Fsp3) is 0.538. The van der Waals surface area contributed by atoms with Crippen LogP contribution in [-0.2, 0) is 6.54 Å². The highest BCUT2D eigenvalue weighted by atomic mass is 16.5. The van der Waals surface area contributed by atoms with Gasteiger partial charge in [-0.1, -0.05) is 31.4 Å². The third-order valence-electron chi connectivity index (χ3n) is 3.15. The van der Waals surface area contributed by atoms with Crippen LogP contribution in [-0.4, -0.2) is 6.61 Å². The van der Waals surface area contributed by atoms with Crippen molar-refractivity contribution in [2.45, 2.75) is 32.2 Å². The first-order valence-electron chi connectivity index (χ1n) is 5.80. The summed E-state index contributed by atoms with van der Waals surface area (Å²) >= 11 is 0. The summed E-state index contributed by atoms with van der Waals surface area (Å²) in [6.07, 6.45) is 5.40. The Kier molecular flexibility index (Phi) is 3.62. The second kappa shape index (κ2) is 5.17. The minimum atomic E-state index is 0.583. The van der Waals surface area contributed by atoms with E-state index in [2.05, 4.69) is 0 Å². The lowest BCUT2D eigenvalue weighted by Gasteiger charge is -2.25. The summed E-state index contributed by atoms with van der Waals surface area (Å²) in [6, 6.07) is 8.06. The standard InChI is InChI=1S/C13H19NO/c14-10-12-5-2-6-13(9-12)15-8-7-11-3-1-4-11/h2,5-6,9,11H,1,3-4,7-8,10,14H2. The van der Waals surface area contributed by atoms with Gasteiger partial charge in [-0.3, -0.25) is 0 Å². The smallest absolute Gasteiger partial charge is 0.119 e. The van der Waals surface area contributed by atoms with Crippen LogP contribution in [0.1, 0.15) is 31.2 Å². The Morgan fingerprint density at radius 1 is 1.33 bits per heavy atom. The number of hydrogen-bond acceptors (Lipinski definition) is 2. The molecule has 2 N–H and O–H groups in total. The molecule has 0 spiro atoms. The monoisotopic (exact) mass is 205 g/mol. The molecule has 0 heterocycles. The summed E-state index contributed by atoms with van der Waals surface area (Å²) < 4.78 is 5.70. The van der Waals surface area contributed by atoms with Crippen LogP contribution in [0.3, 0.4) is 0 Å². The third kappa shape index (κ3) is 2.96. The number of rotatable bonds is 5. The SMILES string of the molecule is NCc1cccc(OCCC2CCC2)c1. The number of hydrogen-bond donors (Lipinski definition) is 1. The van der Waals surface area contributed by atoms with Gasteiger partial charge in [-0.25, -0.2) is 0 Å². The van der Waals surface area contributed by atoms with E-state index in [-0.39, 0.29) is 0 Å². The van der Waals surface area contributed by atoms with Crippen molar-refractivity contribution in [2.75, 3.05) is 6.61 Å². The maximum atomic E-state index is 5.70. The van der Waals surface area contributed by atoms with Crippen LogP contribution in [0.5, 0.6) is 5.75 Å². The van der Waals surface area contributed by atoms with E-state index in [0.29, 0.717) is 6.54 Å². The van der Waals surface area contributed by atoms with Crippen molar-refractivity contribution in [1.29, 1.82) is 0 Å². The molecule has 1 aliphatic carbocycles. The molecule has 1 fully saturated rings. The van der Waals surface area contributed by atoms with E-state index in [1.165, 1.54) is 25.7 Å². The fourth-order valence-corrected chi connectivity index (χ4v) is 1.89. The average molecular weight is 205 g/mol. The molecule has 82 valence electrons. The van der Waals surface area contributed by atoms with Gasteiger partial charge in [-0.15, -0.1) is 0 Å². The van der Waals surface area contributed by atoms with Crippen LogP contribution in [0.15, 0.2) is 24.3 Å². The van der Waals surface area contributed by atoms with Gasteiger partial charge in [0.05, 0.1) is 6.61 Å². The Morgan fingerprint density at radius 3 is 2.87 bits per heavy atom. The Balaban J connectivity index is 1.76. The topological polar surface area (TPSA) is 35.2 Å². The first kappa shape index (κ1) is 10.5. The minimum absolute atomic E-state index is 0.583. The second-order valence-electron chi connectivity index (χ2n) is 4.29. The van der Waals surface area contributed by atoms with E-state index < -0.39 is 0 Å². The highest BCUT2D eigenvalue weighted by molar-refractivity contribution is 5.28. The highest BCUT2D eigenvalue weighted by Crippen LogP contribution is 2.29. The van der Waals surface area contributed by atoms with E-state index in [4.69, 9.17) is 10.5 Å².